The number of piperidine rings is 1. The van der Waals surface area contributed by atoms with Crippen molar-refractivity contribution in [3.8, 4) is 11.5 Å². The quantitative estimate of drug-likeness (QED) is 0.0985. The fraction of sp³-hybridized carbons (Fsp3) is 0.474. The third-order valence-electron chi connectivity index (χ3n) is 8.81. The number of ether oxygens (including phenoxy) is 1. The van der Waals surface area contributed by atoms with Crippen LogP contribution < -0.4 is 20.7 Å². The predicted molar refractivity (Wildman–Crippen MR) is 183 cm³/mol. The van der Waals surface area contributed by atoms with Gasteiger partial charge in [-0.15, -0.1) is 0 Å². The second kappa shape index (κ2) is 16.6. The van der Waals surface area contributed by atoms with Crippen LogP contribution >= 0.6 is 0 Å². The molecule has 4 rings (SSSR count). The molecule has 3 atom stereocenters. The number of phenolic OH excluding ortho intramolecular Hbond substituents is 1. The van der Waals surface area contributed by atoms with Crippen LogP contribution in [-0.2, 0) is 16.0 Å². The van der Waals surface area contributed by atoms with Gasteiger partial charge in [-0.2, -0.15) is 0 Å². The normalized spacial score (nSPS) is 18.5. The highest BCUT2D eigenvalue weighted by Gasteiger charge is 2.30. The molecule has 0 amide bonds. The summed E-state index contributed by atoms with van der Waals surface area (Å²) in [5.41, 5.74) is 7.91. The van der Waals surface area contributed by atoms with Gasteiger partial charge in [0, 0.05) is 18.5 Å². The van der Waals surface area contributed by atoms with Gasteiger partial charge in [-0.1, -0.05) is 61.2 Å². The van der Waals surface area contributed by atoms with E-state index in [1.54, 1.807) is 18.2 Å². The van der Waals surface area contributed by atoms with Crippen LogP contribution in [0.5, 0.6) is 11.5 Å². The number of benzene rings is 2. The highest BCUT2D eigenvalue weighted by Crippen LogP contribution is 2.37. The SMILES string of the molecule is CNCC(C)CCCCCC(=O)CC(=O)C=Cc1cc(OC)c(O)cc1CC1=CNC2NCCC(c3cc(C)cc(C)c3)C2=C1. The Morgan fingerprint density at radius 1 is 1.11 bits per heavy atom. The number of allylic oxidation sites excluding steroid dienone is 3. The molecule has 1 fully saturated rings. The maximum Gasteiger partial charge on any atom is 0.163 e. The van der Waals surface area contributed by atoms with Crippen molar-refractivity contribution < 1.29 is 19.4 Å². The number of carbonyl (C=O) groups is 2. The minimum Gasteiger partial charge on any atom is -0.504 e. The monoisotopic (exact) mass is 613 g/mol. The number of ketones is 2. The molecule has 2 heterocycles. The first-order chi connectivity index (χ1) is 21.7. The Bertz CT molecular complexity index is 1420. The molecule has 2 aromatic rings. The number of aryl methyl sites for hydroxylation is 2. The van der Waals surface area contributed by atoms with Gasteiger partial charge in [-0.05, 0) is 112 Å². The number of nitrogens with one attached hydrogen (secondary N) is 3. The Labute approximate surface area is 269 Å². The van der Waals surface area contributed by atoms with E-state index < -0.39 is 0 Å². The number of Topliss-reactive ketones (excluding diaryl/α,β-unsaturated/α-hetero) is 1. The smallest absolute Gasteiger partial charge is 0.163 e. The van der Waals surface area contributed by atoms with E-state index in [9.17, 15) is 14.7 Å². The van der Waals surface area contributed by atoms with Crippen LogP contribution in [0.25, 0.3) is 6.08 Å². The zero-order valence-corrected chi connectivity index (χ0v) is 27.7. The van der Waals surface area contributed by atoms with Gasteiger partial charge in [0.1, 0.15) is 5.78 Å². The number of rotatable bonds is 16. The third kappa shape index (κ3) is 9.90. The summed E-state index contributed by atoms with van der Waals surface area (Å²) in [6.07, 6.45) is 13.6. The minimum absolute atomic E-state index is 0.0181. The van der Waals surface area contributed by atoms with E-state index in [4.69, 9.17) is 4.74 Å². The molecular weight excluding hydrogens is 562 g/mol. The average molecular weight is 614 g/mol. The summed E-state index contributed by atoms with van der Waals surface area (Å²) < 4.78 is 5.37. The van der Waals surface area contributed by atoms with Gasteiger partial charge in [-0.25, -0.2) is 0 Å². The van der Waals surface area contributed by atoms with Crippen molar-refractivity contribution in [3.05, 3.63) is 87.6 Å². The van der Waals surface area contributed by atoms with Gasteiger partial charge in [0.15, 0.2) is 17.3 Å². The van der Waals surface area contributed by atoms with Crippen molar-refractivity contribution in [1.82, 2.24) is 16.0 Å². The van der Waals surface area contributed by atoms with Gasteiger partial charge < -0.3 is 20.5 Å². The maximum atomic E-state index is 12.7. The molecule has 0 bridgehead atoms. The van der Waals surface area contributed by atoms with Gasteiger partial charge in [-0.3, -0.25) is 14.9 Å². The third-order valence-corrected chi connectivity index (χ3v) is 8.81. The first-order valence-electron chi connectivity index (χ1n) is 16.4. The number of unbranched alkanes of at least 4 members (excludes halogenated alkanes) is 2. The van der Waals surface area contributed by atoms with E-state index in [0.717, 1.165) is 61.9 Å². The van der Waals surface area contributed by atoms with E-state index >= 15 is 0 Å². The molecule has 0 saturated carbocycles. The molecule has 7 nitrogen and oxygen atoms in total. The summed E-state index contributed by atoms with van der Waals surface area (Å²) in [5, 5.41) is 21.0. The zero-order chi connectivity index (χ0) is 32.3. The molecule has 2 aliphatic rings. The molecule has 45 heavy (non-hydrogen) atoms. The average Bonchev–Trinajstić information content (AvgIpc) is 2.99. The molecule has 0 spiro atoms. The van der Waals surface area contributed by atoms with Gasteiger partial charge in [0.05, 0.1) is 19.7 Å². The number of aromatic hydroxyl groups is 1. The molecule has 3 unspecified atom stereocenters. The molecule has 0 aromatic heterocycles. The largest absolute Gasteiger partial charge is 0.504 e. The lowest BCUT2D eigenvalue weighted by Crippen LogP contribution is -2.48. The fourth-order valence-corrected chi connectivity index (χ4v) is 6.60. The number of dihydropyridines is 1. The van der Waals surface area contributed by atoms with Crippen molar-refractivity contribution in [2.75, 3.05) is 27.2 Å². The van der Waals surface area contributed by atoms with Crippen LogP contribution in [-0.4, -0.2) is 50.1 Å². The van der Waals surface area contributed by atoms with Gasteiger partial charge >= 0.3 is 0 Å². The first-order valence-corrected chi connectivity index (χ1v) is 16.4. The van der Waals surface area contributed by atoms with Crippen LogP contribution in [0.3, 0.4) is 0 Å². The van der Waals surface area contributed by atoms with E-state index in [2.05, 4.69) is 61.0 Å². The predicted octanol–water partition coefficient (Wildman–Crippen LogP) is 6.42. The minimum atomic E-state index is -0.214. The molecule has 2 aliphatic heterocycles. The first kappa shape index (κ1) is 34.2. The van der Waals surface area contributed by atoms with Crippen molar-refractivity contribution in [2.24, 2.45) is 5.92 Å². The van der Waals surface area contributed by atoms with E-state index in [1.807, 2.05) is 13.2 Å². The Hall–Kier alpha value is -3.68. The number of methoxy groups -OCH3 is 1. The molecule has 4 N–H and O–H groups in total. The van der Waals surface area contributed by atoms with E-state index in [0.29, 0.717) is 30.4 Å². The highest BCUT2D eigenvalue weighted by molar-refractivity contribution is 6.06. The van der Waals surface area contributed by atoms with Crippen molar-refractivity contribution in [3.63, 3.8) is 0 Å². The fourth-order valence-electron chi connectivity index (χ4n) is 6.60. The van der Waals surface area contributed by atoms with E-state index in [1.165, 1.54) is 35.4 Å². The lowest BCUT2D eigenvalue weighted by atomic mass is 9.80. The van der Waals surface area contributed by atoms with Gasteiger partial charge in [0.25, 0.3) is 0 Å². The Balaban J connectivity index is 1.43. The maximum absolute atomic E-state index is 12.7. The van der Waals surface area contributed by atoms with Crippen LogP contribution in [0, 0.1) is 19.8 Å². The van der Waals surface area contributed by atoms with Crippen molar-refractivity contribution in [2.45, 2.75) is 84.2 Å². The summed E-state index contributed by atoms with van der Waals surface area (Å²) in [7, 11) is 3.48. The van der Waals surface area contributed by atoms with E-state index in [-0.39, 0.29) is 29.9 Å². The van der Waals surface area contributed by atoms with Crippen molar-refractivity contribution in [1.29, 1.82) is 0 Å². The summed E-state index contributed by atoms with van der Waals surface area (Å²) in [4.78, 5) is 25.2. The number of fused-ring (bicyclic) bond motifs is 1. The van der Waals surface area contributed by atoms with Crippen LogP contribution in [0.2, 0.25) is 0 Å². The van der Waals surface area contributed by atoms with Crippen molar-refractivity contribution >= 4 is 17.6 Å². The molecule has 0 radical (unpaired) electrons. The Morgan fingerprint density at radius 2 is 1.89 bits per heavy atom. The Kier molecular flexibility index (Phi) is 12.6. The number of carbonyl (C=O) groups excluding carboxylic acids is 2. The highest BCUT2D eigenvalue weighted by atomic mass is 16.5. The molecule has 242 valence electrons. The zero-order valence-electron chi connectivity index (χ0n) is 27.7. The number of phenols is 1. The summed E-state index contributed by atoms with van der Waals surface area (Å²) in [5.74, 6) is 1.10. The molecule has 0 aliphatic carbocycles. The number of hydrogen-bond donors (Lipinski definition) is 4. The molecular formula is C38H51N3O4. The van der Waals surface area contributed by atoms with Crippen LogP contribution in [0.4, 0.5) is 0 Å². The number of hydrogen-bond acceptors (Lipinski definition) is 7. The molecule has 2 aromatic carbocycles. The topological polar surface area (TPSA) is 99.7 Å². The summed E-state index contributed by atoms with van der Waals surface area (Å²) in [6, 6.07) is 10.2. The molecule has 7 heteroatoms. The lowest BCUT2D eigenvalue weighted by molar-refractivity contribution is -0.124. The Morgan fingerprint density at radius 3 is 2.62 bits per heavy atom. The summed E-state index contributed by atoms with van der Waals surface area (Å²) in [6.45, 7) is 8.47. The van der Waals surface area contributed by atoms with Gasteiger partial charge in [0.2, 0.25) is 0 Å². The summed E-state index contributed by atoms with van der Waals surface area (Å²) >= 11 is 0. The second-order valence-corrected chi connectivity index (χ2v) is 12.9. The van der Waals surface area contributed by atoms with Crippen LogP contribution in [0.1, 0.15) is 85.6 Å². The molecule has 1 saturated heterocycles. The standard InChI is InChI=1S/C38H51N3O4/c1-25(23-39-4)9-7-6-8-10-32(42)22-33(43)12-11-29-21-37(45-5)36(44)20-30(29)18-28-19-35-34(13-14-40-38(35)41-24-28)31-16-26(2)15-27(3)17-31/h11-12,15-17,19-21,24-25,34,38-41,44H,6-10,13-14,18,22-23H2,1-5H3. The second-order valence-electron chi connectivity index (χ2n) is 12.9. The van der Waals surface area contributed by atoms with Crippen LogP contribution in [0.15, 0.2) is 59.8 Å². The lowest BCUT2D eigenvalue weighted by Gasteiger charge is -2.37.